The van der Waals surface area contributed by atoms with Crippen molar-refractivity contribution in [1.82, 2.24) is 19.6 Å². The van der Waals surface area contributed by atoms with Crippen LogP contribution in [0.15, 0.2) is 6.07 Å². The Morgan fingerprint density at radius 1 is 1.37 bits per heavy atom. The van der Waals surface area contributed by atoms with Gasteiger partial charge in [-0.15, -0.1) is 0 Å². The summed E-state index contributed by atoms with van der Waals surface area (Å²) in [5, 5.41) is 5.24. The smallest absolute Gasteiger partial charge is 0.272 e. The second-order valence-corrected chi connectivity index (χ2v) is 5.76. The van der Waals surface area contributed by atoms with E-state index in [0.717, 1.165) is 50.2 Å². The Bertz CT molecular complexity index is 446. The molecule has 0 unspecified atom stereocenters. The van der Waals surface area contributed by atoms with Crippen LogP contribution in [0.4, 0.5) is 0 Å². The van der Waals surface area contributed by atoms with Crippen molar-refractivity contribution in [1.29, 1.82) is 0 Å². The van der Waals surface area contributed by atoms with Crippen LogP contribution in [0, 0.1) is 6.92 Å². The maximum atomic E-state index is 12.5. The van der Waals surface area contributed by atoms with Gasteiger partial charge < -0.3 is 9.80 Å². The van der Waals surface area contributed by atoms with Gasteiger partial charge in [-0.25, -0.2) is 0 Å². The van der Waals surface area contributed by atoms with E-state index in [2.05, 4.69) is 25.9 Å². The Balaban J connectivity index is 2.02. The van der Waals surface area contributed by atoms with Crippen molar-refractivity contribution in [3.8, 4) is 0 Å². The normalized spacial score (nSPS) is 17.5. The predicted octanol–water partition coefficient (Wildman–Crippen LogP) is 1.27. The number of amides is 1. The van der Waals surface area contributed by atoms with Crippen molar-refractivity contribution in [3.63, 3.8) is 0 Å². The van der Waals surface area contributed by atoms with Crippen LogP contribution < -0.4 is 0 Å². The Labute approximate surface area is 122 Å². The molecule has 0 aliphatic carbocycles. The number of hydrogen-bond donors (Lipinski definition) is 0. The van der Waals surface area contributed by atoms with Gasteiger partial charge >= 0.3 is 0 Å². The van der Waals surface area contributed by atoms with Crippen molar-refractivity contribution in [2.75, 3.05) is 38.1 Å². The van der Waals surface area contributed by atoms with Gasteiger partial charge in [-0.05, 0) is 26.0 Å². The highest BCUT2D eigenvalue weighted by Crippen LogP contribution is 2.10. The molecule has 1 aliphatic heterocycles. The van der Waals surface area contributed by atoms with Gasteiger partial charge in [-0.1, -0.05) is 15.9 Å². The lowest BCUT2D eigenvalue weighted by Crippen LogP contribution is -2.36. The van der Waals surface area contributed by atoms with Crippen LogP contribution in [0.1, 0.15) is 22.6 Å². The summed E-state index contributed by atoms with van der Waals surface area (Å²) in [4.78, 5) is 16.8. The zero-order valence-electron chi connectivity index (χ0n) is 11.6. The fraction of sp³-hybridized carbons (Fsp3) is 0.692. The summed E-state index contributed by atoms with van der Waals surface area (Å²) in [6.45, 7) is 6.62. The van der Waals surface area contributed by atoms with E-state index in [1.807, 2.05) is 24.9 Å². The zero-order chi connectivity index (χ0) is 13.8. The van der Waals surface area contributed by atoms with Crippen LogP contribution in [0.3, 0.4) is 0 Å². The van der Waals surface area contributed by atoms with Crippen molar-refractivity contribution in [2.45, 2.75) is 13.3 Å². The van der Waals surface area contributed by atoms with Gasteiger partial charge in [0.1, 0.15) is 5.69 Å². The zero-order valence-corrected chi connectivity index (χ0v) is 13.2. The van der Waals surface area contributed by atoms with E-state index in [9.17, 15) is 4.79 Å². The third-order valence-corrected chi connectivity index (χ3v) is 3.85. The lowest BCUT2D eigenvalue weighted by Gasteiger charge is -2.21. The molecule has 0 spiro atoms. The van der Waals surface area contributed by atoms with Crippen LogP contribution in [-0.2, 0) is 7.05 Å². The number of nitrogens with zero attached hydrogens (tertiary/aromatic N) is 4. The van der Waals surface area contributed by atoms with Crippen LogP contribution >= 0.6 is 15.9 Å². The molecule has 2 rings (SSSR count). The lowest BCUT2D eigenvalue weighted by molar-refractivity contribution is 0.0751. The molecular formula is C13H21BrN4O. The Hall–Kier alpha value is -0.880. The minimum Gasteiger partial charge on any atom is -0.336 e. The highest BCUT2D eigenvalue weighted by atomic mass is 79.9. The molecule has 1 aromatic heterocycles. The summed E-state index contributed by atoms with van der Waals surface area (Å²) >= 11 is 3.47. The summed E-state index contributed by atoms with van der Waals surface area (Å²) < 4.78 is 1.68. The average Bonchev–Trinajstić information content (AvgIpc) is 2.59. The van der Waals surface area contributed by atoms with E-state index in [1.165, 1.54) is 0 Å². The van der Waals surface area contributed by atoms with Gasteiger partial charge in [0, 0.05) is 38.6 Å². The Morgan fingerprint density at radius 2 is 2.16 bits per heavy atom. The first-order chi connectivity index (χ1) is 9.11. The van der Waals surface area contributed by atoms with E-state index in [1.54, 1.807) is 4.68 Å². The first-order valence-electron chi connectivity index (χ1n) is 6.70. The third kappa shape index (κ3) is 3.57. The lowest BCUT2D eigenvalue weighted by atomic mass is 10.3. The summed E-state index contributed by atoms with van der Waals surface area (Å²) in [7, 11) is 1.83. The molecule has 0 atom stereocenters. The topological polar surface area (TPSA) is 41.4 Å². The van der Waals surface area contributed by atoms with E-state index in [0.29, 0.717) is 5.69 Å². The van der Waals surface area contributed by atoms with Crippen molar-refractivity contribution in [3.05, 3.63) is 17.5 Å². The van der Waals surface area contributed by atoms with Gasteiger partial charge in [0.15, 0.2) is 0 Å². The van der Waals surface area contributed by atoms with Crippen LogP contribution in [0.25, 0.3) is 0 Å². The highest BCUT2D eigenvalue weighted by molar-refractivity contribution is 9.09. The number of carbonyl (C=O) groups excluding carboxylic acids is 1. The molecule has 5 nitrogen and oxygen atoms in total. The first kappa shape index (κ1) is 14.5. The number of carbonyl (C=O) groups is 1. The van der Waals surface area contributed by atoms with E-state index in [-0.39, 0.29) is 5.91 Å². The fourth-order valence-corrected chi connectivity index (χ4v) is 2.99. The maximum Gasteiger partial charge on any atom is 0.272 e. The van der Waals surface area contributed by atoms with Gasteiger partial charge in [-0.3, -0.25) is 9.48 Å². The first-order valence-corrected chi connectivity index (χ1v) is 7.82. The largest absolute Gasteiger partial charge is 0.336 e. The van der Waals surface area contributed by atoms with Gasteiger partial charge in [0.25, 0.3) is 5.91 Å². The number of aryl methyl sites for hydroxylation is 2. The highest BCUT2D eigenvalue weighted by Gasteiger charge is 2.22. The molecule has 0 aromatic carbocycles. The number of rotatable bonds is 3. The molecule has 1 fully saturated rings. The molecule has 2 heterocycles. The van der Waals surface area contributed by atoms with E-state index < -0.39 is 0 Å². The molecule has 0 N–H and O–H groups in total. The second kappa shape index (κ2) is 6.52. The molecule has 1 amide bonds. The number of halogens is 1. The fourth-order valence-electron chi connectivity index (χ4n) is 2.49. The average molecular weight is 329 g/mol. The van der Waals surface area contributed by atoms with Gasteiger partial charge in [0.05, 0.1) is 5.69 Å². The molecule has 0 saturated carbocycles. The molecule has 1 saturated heterocycles. The van der Waals surface area contributed by atoms with Crippen LogP contribution in [0.2, 0.25) is 0 Å². The van der Waals surface area contributed by atoms with Crippen LogP contribution in [0.5, 0.6) is 0 Å². The van der Waals surface area contributed by atoms with E-state index >= 15 is 0 Å². The molecule has 1 aliphatic rings. The molecule has 6 heteroatoms. The maximum absolute atomic E-state index is 12.5. The van der Waals surface area contributed by atoms with Crippen molar-refractivity contribution >= 4 is 21.8 Å². The van der Waals surface area contributed by atoms with Gasteiger partial charge in [-0.2, -0.15) is 5.10 Å². The SMILES string of the molecule is Cc1cc(C(=O)N2CCCN(CCBr)CC2)n(C)n1. The third-order valence-electron chi connectivity index (χ3n) is 3.50. The predicted molar refractivity (Wildman–Crippen MR) is 78.7 cm³/mol. The standard InChI is InChI=1S/C13H21BrN4O/c1-11-10-12(16(2)15-11)13(19)18-6-3-5-17(7-4-14)8-9-18/h10H,3-9H2,1-2H3. The summed E-state index contributed by atoms with van der Waals surface area (Å²) in [5.41, 5.74) is 1.58. The molecule has 0 radical (unpaired) electrons. The molecule has 1 aromatic rings. The second-order valence-electron chi connectivity index (χ2n) is 4.97. The minimum absolute atomic E-state index is 0.101. The summed E-state index contributed by atoms with van der Waals surface area (Å²) in [6.07, 6.45) is 1.04. The van der Waals surface area contributed by atoms with E-state index in [4.69, 9.17) is 0 Å². The minimum atomic E-state index is 0.101. The summed E-state index contributed by atoms with van der Waals surface area (Å²) in [6, 6.07) is 1.86. The monoisotopic (exact) mass is 328 g/mol. The number of aromatic nitrogens is 2. The molecule has 19 heavy (non-hydrogen) atoms. The quantitative estimate of drug-likeness (QED) is 0.785. The van der Waals surface area contributed by atoms with Crippen LogP contribution in [-0.4, -0.2) is 63.5 Å². The number of alkyl halides is 1. The number of hydrogen-bond acceptors (Lipinski definition) is 3. The summed E-state index contributed by atoms with van der Waals surface area (Å²) in [5.74, 6) is 0.101. The Kier molecular flexibility index (Phi) is 4.99. The Morgan fingerprint density at radius 3 is 2.79 bits per heavy atom. The van der Waals surface area contributed by atoms with Gasteiger partial charge in [0.2, 0.25) is 0 Å². The molecule has 106 valence electrons. The van der Waals surface area contributed by atoms with Crippen molar-refractivity contribution < 1.29 is 4.79 Å². The molecular weight excluding hydrogens is 308 g/mol. The molecule has 0 bridgehead atoms. The van der Waals surface area contributed by atoms with Crippen molar-refractivity contribution in [2.24, 2.45) is 7.05 Å².